The Morgan fingerprint density at radius 3 is 2.58 bits per heavy atom. The number of carbonyl (C=O) groups is 2. The lowest BCUT2D eigenvalue weighted by Gasteiger charge is -2.33. The summed E-state index contributed by atoms with van der Waals surface area (Å²) in [4.78, 5) is 35.9. The third-order valence-electron chi connectivity index (χ3n) is 9.10. The Balaban J connectivity index is 1.37. The molecule has 1 N–H and O–H groups in total. The number of ether oxygens (including phenoxy) is 1. The fourth-order valence-corrected chi connectivity index (χ4v) is 6.89. The Hall–Kier alpha value is -3.50. The zero-order valence-corrected chi connectivity index (χ0v) is 25.8. The van der Waals surface area contributed by atoms with Gasteiger partial charge in [-0.25, -0.2) is 9.18 Å². The van der Waals surface area contributed by atoms with Crippen LogP contribution >= 0.6 is 0 Å². The highest BCUT2D eigenvalue weighted by atomic mass is 19.1. The lowest BCUT2D eigenvalue weighted by molar-refractivity contribution is 0.0665. The number of amides is 2. The van der Waals surface area contributed by atoms with E-state index in [1.165, 1.54) is 24.8 Å². The van der Waals surface area contributed by atoms with Gasteiger partial charge in [0.2, 0.25) is 0 Å². The Bertz CT molecular complexity index is 1450. The van der Waals surface area contributed by atoms with Crippen LogP contribution < -0.4 is 0 Å². The Labute approximate surface area is 253 Å². The van der Waals surface area contributed by atoms with E-state index in [9.17, 15) is 19.1 Å². The standard InChI is InChI=1S/C33H44FN5O4/c1-22(2)38(13-14-40)32(41)28-16-27(34)5-6-29(28)39-21-26(31-23(3)17-35-18-30(31)39)15-25-7-10-36(20-25)19-24-8-11-37(12-9-24)33(42)43-4/h5-6,16-18,21-22,24-25,40H,7-15,19-20H2,1-4H3/t25-/m0/s1. The highest BCUT2D eigenvalue weighted by molar-refractivity contribution is 5.99. The van der Waals surface area contributed by atoms with Gasteiger partial charge in [0.1, 0.15) is 5.82 Å². The van der Waals surface area contributed by atoms with Gasteiger partial charge in [0.05, 0.1) is 36.7 Å². The van der Waals surface area contributed by atoms with Crippen molar-refractivity contribution in [2.75, 3.05) is 53.0 Å². The molecular weight excluding hydrogens is 549 g/mol. The molecule has 2 aromatic heterocycles. The predicted octanol–water partition coefficient (Wildman–Crippen LogP) is 4.66. The highest BCUT2D eigenvalue weighted by Crippen LogP contribution is 2.33. The average Bonchev–Trinajstić information content (AvgIpc) is 3.60. The number of fused-ring (bicyclic) bond motifs is 1. The highest BCUT2D eigenvalue weighted by Gasteiger charge is 2.30. The summed E-state index contributed by atoms with van der Waals surface area (Å²) in [6, 6.07) is 4.19. The maximum Gasteiger partial charge on any atom is 0.409 e. The van der Waals surface area contributed by atoms with Gasteiger partial charge < -0.3 is 29.1 Å². The smallest absolute Gasteiger partial charge is 0.409 e. The van der Waals surface area contributed by atoms with E-state index in [0.717, 1.165) is 74.9 Å². The summed E-state index contributed by atoms with van der Waals surface area (Å²) in [6.07, 6.45) is 9.57. The quantitative estimate of drug-likeness (QED) is 0.388. The van der Waals surface area contributed by atoms with Crippen molar-refractivity contribution in [2.24, 2.45) is 11.8 Å². The molecule has 2 saturated heterocycles. The molecule has 0 saturated carbocycles. The summed E-state index contributed by atoms with van der Waals surface area (Å²) in [7, 11) is 1.44. The average molecular weight is 594 g/mol. The molecular formula is C33H44FN5O4. The van der Waals surface area contributed by atoms with Crippen molar-refractivity contribution < 1.29 is 23.8 Å². The second kappa shape index (κ2) is 13.4. The molecule has 1 atom stereocenters. The first kappa shape index (κ1) is 30.9. The van der Waals surface area contributed by atoms with Gasteiger partial charge >= 0.3 is 6.09 Å². The number of aliphatic hydroxyl groups excluding tert-OH is 1. The number of hydrogen-bond donors (Lipinski definition) is 1. The number of halogens is 1. The molecule has 43 heavy (non-hydrogen) atoms. The molecule has 3 aromatic rings. The zero-order valence-electron chi connectivity index (χ0n) is 25.8. The first-order chi connectivity index (χ1) is 20.7. The van der Waals surface area contributed by atoms with Crippen molar-refractivity contribution in [1.29, 1.82) is 0 Å². The fourth-order valence-electron chi connectivity index (χ4n) is 6.89. The molecule has 1 aromatic carbocycles. The van der Waals surface area contributed by atoms with Crippen LogP contribution in [0, 0.1) is 24.6 Å². The van der Waals surface area contributed by atoms with Crippen LogP contribution in [0.3, 0.4) is 0 Å². The molecule has 0 bridgehead atoms. The van der Waals surface area contributed by atoms with E-state index in [1.807, 2.05) is 30.8 Å². The van der Waals surface area contributed by atoms with Crippen molar-refractivity contribution in [3.8, 4) is 5.69 Å². The topological polar surface area (TPSA) is 91.1 Å². The Kier molecular flexibility index (Phi) is 9.66. The van der Waals surface area contributed by atoms with Crippen LogP contribution in [-0.2, 0) is 11.2 Å². The summed E-state index contributed by atoms with van der Waals surface area (Å²) in [5.41, 5.74) is 4.02. The molecule has 2 fully saturated rings. The van der Waals surface area contributed by atoms with Gasteiger partial charge in [-0.1, -0.05) is 0 Å². The van der Waals surface area contributed by atoms with Crippen molar-refractivity contribution >= 4 is 22.9 Å². The van der Waals surface area contributed by atoms with Gasteiger partial charge in [-0.05, 0) is 94.2 Å². The number of methoxy groups -OCH3 is 1. The van der Waals surface area contributed by atoms with Crippen molar-refractivity contribution in [1.82, 2.24) is 24.3 Å². The second-order valence-corrected chi connectivity index (χ2v) is 12.4. The molecule has 0 unspecified atom stereocenters. The van der Waals surface area contributed by atoms with E-state index < -0.39 is 5.82 Å². The predicted molar refractivity (Wildman–Crippen MR) is 164 cm³/mol. The monoisotopic (exact) mass is 593 g/mol. The van der Waals surface area contributed by atoms with Crippen molar-refractivity contribution in [3.63, 3.8) is 0 Å². The first-order valence-electron chi connectivity index (χ1n) is 15.4. The molecule has 4 heterocycles. The normalized spacial score (nSPS) is 18.1. The molecule has 2 aliphatic heterocycles. The van der Waals surface area contributed by atoms with Crippen molar-refractivity contribution in [3.05, 3.63) is 59.3 Å². The Morgan fingerprint density at radius 1 is 1.14 bits per heavy atom. The number of rotatable bonds is 9. The van der Waals surface area contributed by atoms with Crippen LogP contribution in [0.5, 0.6) is 0 Å². The number of nitrogens with zero attached hydrogens (tertiary/aromatic N) is 5. The molecule has 5 rings (SSSR count). The van der Waals surface area contributed by atoms with E-state index in [4.69, 9.17) is 4.74 Å². The molecule has 2 amide bonds. The lowest BCUT2D eigenvalue weighted by Crippen LogP contribution is -2.41. The summed E-state index contributed by atoms with van der Waals surface area (Å²) in [5.74, 6) is 0.289. The van der Waals surface area contributed by atoms with Crippen LogP contribution in [0.1, 0.15) is 54.6 Å². The minimum atomic E-state index is -0.479. The summed E-state index contributed by atoms with van der Waals surface area (Å²) in [5, 5.41) is 10.7. The largest absolute Gasteiger partial charge is 0.453 e. The van der Waals surface area contributed by atoms with Gasteiger partial charge in [-0.2, -0.15) is 0 Å². The van der Waals surface area contributed by atoms with Crippen LogP contribution in [-0.4, -0.2) is 100 Å². The zero-order chi connectivity index (χ0) is 30.7. The first-order valence-corrected chi connectivity index (χ1v) is 15.4. The third-order valence-corrected chi connectivity index (χ3v) is 9.10. The number of hydrogen-bond acceptors (Lipinski definition) is 6. The Morgan fingerprint density at radius 2 is 1.88 bits per heavy atom. The number of likely N-dealkylation sites (tertiary alicyclic amines) is 2. The van der Waals surface area contributed by atoms with Crippen molar-refractivity contribution in [2.45, 2.75) is 52.5 Å². The molecule has 0 radical (unpaired) electrons. The number of aliphatic hydroxyl groups is 1. The maximum absolute atomic E-state index is 14.5. The number of carbonyl (C=O) groups excluding carboxylic acids is 2. The number of pyridine rings is 1. The van der Waals surface area contributed by atoms with Gasteiger partial charge in [0, 0.05) is 56.5 Å². The summed E-state index contributed by atoms with van der Waals surface area (Å²) < 4.78 is 21.4. The van der Waals surface area contributed by atoms with E-state index in [1.54, 1.807) is 15.9 Å². The van der Waals surface area contributed by atoms with Crippen LogP contribution in [0.25, 0.3) is 16.6 Å². The number of benzene rings is 1. The van der Waals surface area contributed by atoms with Gasteiger partial charge in [0.15, 0.2) is 0 Å². The molecule has 0 aliphatic carbocycles. The number of aryl methyl sites for hydroxylation is 1. The number of piperidine rings is 1. The fraction of sp³-hybridized carbons (Fsp3) is 0.545. The lowest BCUT2D eigenvalue weighted by atomic mass is 9.96. The summed E-state index contributed by atoms with van der Waals surface area (Å²) in [6.45, 7) is 10.5. The van der Waals surface area contributed by atoms with Gasteiger partial charge in [-0.3, -0.25) is 9.78 Å². The van der Waals surface area contributed by atoms with Gasteiger partial charge in [-0.15, -0.1) is 0 Å². The van der Waals surface area contributed by atoms with Crippen LogP contribution in [0.15, 0.2) is 36.8 Å². The van der Waals surface area contributed by atoms with E-state index in [-0.39, 0.29) is 36.8 Å². The second-order valence-electron chi connectivity index (χ2n) is 12.4. The molecule has 9 nitrogen and oxygen atoms in total. The van der Waals surface area contributed by atoms with E-state index >= 15 is 0 Å². The maximum atomic E-state index is 14.5. The summed E-state index contributed by atoms with van der Waals surface area (Å²) >= 11 is 0. The molecule has 0 spiro atoms. The van der Waals surface area contributed by atoms with Crippen LogP contribution in [0.4, 0.5) is 9.18 Å². The minimum absolute atomic E-state index is 0.151. The van der Waals surface area contributed by atoms with E-state index in [0.29, 0.717) is 17.5 Å². The molecule has 10 heteroatoms. The number of aromatic nitrogens is 2. The SMILES string of the molecule is COC(=O)N1CCC(CN2CC[C@@H](Cc3cn(-c4ccc(F)cc4C(=O)N(CCO)C(C)C)c4cncc(C)c34)C2)CC1. The third kappa shape index (κ3) is 6.70. The van der Waals surface area contributed by atoms with Gasteiger partial charge in [0.25, 0.3) is 5.91 Å². The molecule has 232 valence electrons. The van der Waals surface area contributed by atoms with E-state index in [2.05, 4.69) is 23.0 Å². The van der Waals surface area contributed by atoms with Crippen LogP contribution in [0.2, 0.25) is 0 Å². The minimum Gasteiger partial charge on any atom is -0.453 e. The molecule has 2 aliphatic rings.